The highest BCUT2D eigenvalue weighted by Crippen LogP contribution is 2.17. The lowest BCUT2D eigenvalue weighted by molar-refractivity contribution is -0.120. The summed E-state index contributed by atoms with van der Waals surface area (Å²) in [4.78, 5) is 11.8. The summed E-state index contributed by atoms with van der Waals surface area (Å²) < 4.78 is 10.8. The minimum Gasteiger partial charge on any atom is -0.496 e. The number of hydrogen-bond donors (Lipinski definition) is 2. The fraction of sp³-hybridized carbons (Fsp3) is 0.588. The molecule has 2 rings (SSSR count). The molecule has 1 heterocycles. The maximum atomic E-state index is 11.8. The van der Waals surface area contributed by atoms with E-state index in [1.807, 2.05) is 24.3 Å². The van der Waals surface area contributed by atoms with Gasteiger partial charge in [0.15, 0.2) is 0 Å². The Kier molecular flexibility index (Phi) is 7.19. The highest BCUT2D eigenvalue weighted by molar-refractivity contribution is 5.76. The molecule has 1 aliphatic heterocycles. The van der Waals surface area contributed by atoms with Crippen LogP contribution in [0.1, 0.15) is 24.8 Å². The summed E-state index contributed by atoms with van der Waals surface area (Å²) >= 11 is 0. The van der Waals surface area contributed by atoms with Gasteiger partial charge in [-0.25, -0.2) is 0 Å². The summed E-state index contributed by atoms with van der Waals surface area (Å²) in [5.74, 6) is 0.949. The van der Waals surface area contributed by atoms with Crippen molar-refractivity contribution in [3.05, 3.63) is 29.8 Å². The molecule has 0 radical (unpaired) electrons. The fourth-order valence-corrected chi connectivity index (χ4v) is 2.60. The van der Waals surface area contributed by atoms with E-state index in [4.69, 9.17) is 9.47 Å². The van der Waals surface area contributed by atoms with Crippen molar-refractivity contribution in [2.45, 2.75) is 31.8 Å². The molecule has 0 aromatic heterocycles. The maximum absolute atomic E-state index is 11.8. The first-order valence-corrected chi connectivity index (χ1v) is 8.00. The Morgan fingerprint density at radius 3 is 3.00 bits per heavy atom. The van der Waals surface area contributed by atoms with Crippen LogP contribution in [0.2, 0.25) is 0 Å². The standard InChI is InChI=1S/C17H26N2O3/c1-21-16-7-3-2-5-14(16)8-11-19-17(20)9-10-18-13-15-6-4-12-22-15/h2-3,5,7,15,18H,4,6,8-13H2,1H3,(H,19,20). The van der Waals surface area contributed by atoms with E-state index in [2.05, 4.69) is 10.6 Å². The molecule has 0 aliphatic carbocycles. The summed E-state index contributed by atoms with van der Waals surface area (Å²) in [6.45, 7) is 3.04. The highest BCUT2D eigenvalue weighted by atomic mass is 16.5. The summed E-state index contributed by atoms with van der Waals surface area (Å²) in [7, 11) is 1.66. The molecule has 1 amide bonds. The van der Waals surface area contributed by atoms with Gasteiger partial charge < -0.3 is 20.1 Å². The van der Waals surface area contributed by atoms with Gasteiger partial charge in [-0.15, -0.1) is 0 Å². The summed E-state index contributed by atoms with van der Waals surface area (Å²) in [6.07, 6.45) is 3.87. The normalized spacial score (nSPS) is 17.4. The molecule has 5 heteroatoms. The molecule has 2 N–H and O–H groups in total. The molecule has 1 aromatic rings. The van der Waals surface area contributed by atoms with Crippen LogP contribution in [0.3, 0.4) is 0 Å². The third kappa shape index (κ3) is 5.66. The Labute approximate surface area is 132 Å². The number of carbonyl (C=O) groups excluding carboxylic acids is 1. The fourth-order valence-electron chi connectivity index (χ4n) is 2.60. The lowest BCUT2D eigenvalue weighted by atomic mass is 10.1. The van der Waals surface area contributed by atoms with Crippen LogP contribution in [0.15, 0.2) is 24.3 Å². The van der Waals surface area contributed by atoms with Crippen LogP contribution in [-0.2, 0) is 16.0 Å². The van der Waals surface area contributed by atoms with Crippen LogP contribution in [0.25, 0.3) is 0 Å². The third-order valence-electron chi connectivity index (χ3n) is 3.83. The zero-order valence-electron chi connectivity index (χ0n) is 13.3. The average Bonchev–Trinajstić information content (AvgIpc) is 3.05. The molecule has 122 valence electrons. The SMILES string of the molecule is COc1ccccc1CCNC(=O)CCNCC1CCCO1. The summed E-state index contributed by atoms with van der Waals surface area (Å²) in [5, 5.41) is 6.22. The molecular formula is C17H26N2O3. The van der Waals surface area contributed by atoms with Crippen molar-refractivity contribution in [1.82, 2.24) is 10.6 Å². The number of benzene rings is 1. The van der Waals surface area contributed by atoms with Gasteiger partial charge in [0, 0.05) is 32.7 Å². The first-order chi connectivity index (χ1) is 10.8. The van der Waals surface area contributed by atoms with Gasteiger partial charge in [-0.2, -0.15) is 0 Å². The largest absolute Gasteiger partial charge is 0.496 e. The van der Waals surface area contributed by atoms with Gasteiger partial charge in [-0.3, -0.25) is 4.79 Å². The Balaban J connectivity index is 1.55. The first-order valence-electron chi connectivity index (χ1n) is 8.00. The van der Waals surface area contributed by atoms with Crippen LogP contribution in [0, 0.1) is 0 Å². The van der Waals surface area contributed by atoms with Crippen molar-refractivity contribution in [2.24, 2.45) is 0 Å². The average molecular weight is 306 g/mol. The van der Waals surface area contributed by atoms with E-state index in [9.17, 15) is 4.79 Å². The van der Waals surface area contributed by atoms with E-state index >= 15 is 0 Å². The number of hydrogen-bond acceptors (Lipinski definition) is 4. The molecule has 0 bridgehead atoms. The van der Waals surface area contributed by atoms with Crippen molar-refractivity contribution in [1.29, 1.82) is 0 Å². The van der Waals surface area contributed by atoms with Crippen molar-refractivity contribution in [3.63, 3.8) is 0 Å². The summed E-state index contributed by atoms with van der Waals surface area (Å²) in [5.41, 5.74) is 1.11. The third-order valence-corrected chi connectivity index (χ3v) is 3.83. The molecule has 0 saturated carbocycles. The molecule has 1 saturated heterocycles. The highest BCUT2D eigenvalue weighted by Gasteiger charge is 2.14. The van der Waals surface area contributed by atoms with Crippen molar-refractivity contribution >= 4 is 5.91 Å². The van der Waals surface area contributed by atoms with Gasteiger partial charge in [0.05, 0.1) is 13.2 Å². The van der Waals surface area contributed by atoms with E-state index in [1.165, 1.54) is 0 Å². The zero-order valence-corrected chi connectivity index (χ0v) is 13.3. The van der Waals surface area contributed by atoms with E-state index in [-0.39, 0.29) is 5.91 Å². The quantitative estimate of drug-likeness (QED) is 0.679. The zero-order chi connectivity index (χ0) is 15.6. The molecule has 5 nitrogen and oxygen atoms in total. The van der Waals surface area contributed by atoms with Gasteiger partial charge in [0.25, 0.3) is 0 Å². The molecule has 1 atom stereocenters. The second-order valence-electron chi connectivity index (χ2n) is 5.50. The van der Waals surface area contributed by atoms with Gasteiger partial charge in [-0.05, 0) is 30.9 Å². The molecule has 1 aliphatic rings. The lowest BCUT2D eigenvalue weighted by Gasteiger charge is -2.11. The molecule has 1 fully saturated rings. The van der Waals surface area contributed by atoms with Gasteiger partial charge in [0.1, 0.15) is 5.75 Å². The van der Waals surface area contributed by atoms with Crippen LogP contribution in [0.4, 0.5) is 0 Å². The number of amides is 1. The number of carbonyl (C=O) groups is 1. The smallest absolute Gasteiger partial charge is 0.221 e. The molecule has 22 heavy (non-hydrogen) atoms. The number of ether oxygens (including phenoxy) is 2. The van der Waals surface area contributed by atoms with Gasteiger partial charge in [0.2, 0.25) is 5.91 Å². The Bertz CT molecular complexity index is 459. The van der Waals surface area contributed by atoms with Crippen molar-refractivity contribution in [3.8, 4) is 5.75 Å². The lowest BCUT2D eigenvalue weighted by Crippen LogP contribution is -2.32. The van der Waals surface area contributed by atoms with Crippen LogP contribution in [0.5, 0.6) is 5.75 Å². The number of para-hydroxylation sites is 1. The second kappa shape index (κ2) is 9.43. The number of methoxy groups -OCH3 is 1. The second-order valence-corrected chi connectivity index (χ2v) is 5.50. The van der Waals surface area contributed by atoms with E-state index in [0.717, 1.165) is 43.7 Å². The Morgan fingerprint density at radius 2 is 2.23 bits per heavy atom. The molecule has 1 unspecified atom stereocenters. The topological polar surface area (TPSA) is 59.6 Å². The number of nitrogens with one attached hydrogen (secondary N) is 2. The minimum atomic E-state index is 0.0785. The van der Waals surface area contributed by atoms with Crippen LogP contribution < -0.4 is 15.4 Å². The first kappa shape index (κ1) is 16.8. The predicted molar refractivity (Wildman–Crippen MR) is 86.2 cm³/mol. The predicted octanol–water partition coefficient (Wildman–Crippen LogP) is 1.51. The van der Waals surface area contributed by atoms with E-state index in [0.29, 0.717) is 25.6 Å². The Hall–Kier alpha value is -1.59. The van der Waals surface area contributed by atoms with E-state index < -0.39 is 0 Å². The summed E-state index contributed by atoms with van der Waals surface area (Å²) in [6, 6.07) is 7.88. The van der Waals surface area contributed by atoms with Gasteiger partial charge >= 0.3 is 0 Å². The molecule has 1 aromatic carbocycles. The van der Waals surface area contributed by atoms with Crippen molar-refractivity contribution in [2.75, 3.05) is 33.4 Å². The molecular weight excluding hydrogens is 280 g/mol. The van der Waals surface area contributed by atoms with Crippen LogP contribution in [-0.4, -0.2) is 45.4 Å². The Morgan fingerprint density at radius 1 is 1.36 bits per heavy atom. The van der Waals surface area contributed by atoms with Crippen LogP contribution >= 0.6 is 0 Å². The maximum Gasteiger partial charge on any atom is 0.221 e. The van der Waals surface area contributed by atoms with Crippen molar-refractivity contribution < 1.29 is 14.3 Å². The molecule has 0 spiro atoms. The monoisotopic (exact) mass is 306 g/mol. The van der Waals surface area contributed by atoms with E-state index in [1.54, 1.807) is 7.11 Å². The van der Waals surface area contributed by atoms with Gasteiger partial charge in [-0.1, -0.05) is 18.2 Å². The number of rotatable bonds is 9. The minimum absolute atomic E-state index is 0.0785.